The number of carbonyl (C=O) groups is 2. The highest BCUT2D eigenvalue weighted by Crippen LogP contribution is 2.22. The van der Waals surface area contributed by atoms with Crippen molar-refractivity contribution < 1.29 is 14.3 Å². The first-order valence-electron chi connectivity index (χ1n) is 6.56. The zero-order valence-corrected chi connectivity index (χ0v) is 12.6. The van der Waals surface area contributed by atoms with Crippen LogP contribution in [-0.2, 0) is 16.6 Å². The largest absolute Gasteiger partial charge is 0.447 e. The van der Waals surface area contributed by atoms with Gasteiger partial charge in [-0.1, -0.05) is 11.8 Å². The standard InChI is InChI=1S/C13H13N5O3S/c1-17-11(9-3-2-4-14-7-9)15-16-12(17)22-8-10(19)18-5-6-21-13(18)20/h2-4,7H,5-6,8H2,1H3. The highest BCUT2D eigenvalue weighted by molar-refractivity contribution is 7.99. The molecular formula is C13H13N5O3S. The molecule has 3 rings (SSSR count). The van der Waals surface area contributed by atoms with Crippen molar-refractivity contribution in [3.8, 4) is 11.4 Å². The maximum Gasteiger partial charge on any atom is 0.416 e. The van der Waals surface area contributed by atoms with E-state index in [4.69, 9.17) is 4.74 Å². The first-order chi connectivity index (χ1) is 10.7. The van der Waals surface area contributed by atoms with Gasteiger partial charge in [0.05, 0.1) is 12.3 Å². The molecule has 8 nitrogen and oxygen atoms in total. The number of imide groups is 1. The summed E-state index contributed by atoms with van der Waals surface area (Å²) in [5, 5.41) is 8.78. The van der Waals surface area contributed by atoms with E-state index in [1.165, 1.54) is 11.8 Å². The van der Waals surface area contributed by atoms with Gasteiger partial charge in [-0.05, 0) is 12.1 Å². The van der Waals surface area contributed by atoms with E-state index in [1.807, 2.05) is 19.2 Å². The molecule has 0 N–H and O–H groups in total. The smallest absolute Gasteiger partial charge is 0.416 e. The van der Waals surface area contributed by atoms with E-state index >= 15 is 0 Å². The van der Waals surface area contributed by atoms with Gasteiger partial charge in [-0.15, -0.1) is 10.2 Å². The fraction of sp³-hybridized carbons (Fsp3) is 0.308. The maximum absolute atomic E-state index is 12.0. The lowest BCUT2D eigenvalue weighted by Crippen LogP contribution is -2.33. The normalized spacial score (nSPS) is 14.2. The van der Waals surface area contributed by atoms with Crippen molar-refractivity contribution in [1.29, 1.82) is 0 Å². The summed E-state index contributed by atoms with van der Waals surface area (Å²) >= 11 is 1.23. The third-order valence-corrected chi connectivity index (χ3v) is 4.15. The van der Waals surface area contributed by atoms with Crippen molar-refractivity contribution in [1.82, 2.24) is 24.6 Å². The molecule has 0 bridgehead atoms. The van der Waals surface area contributed by atoms with Crippen LogP contribution in [0.2, 0.25) is 0 Å². The van der Waals surface area contributed by atoms with Gasteiger partial charge in [-0.3, -0.25) is 9.78 Å². The molecule has 3 heterocycles. The van der Waals surface area contributed by atoms with Gasteiger partial charge in [0.25, 0.3) is 0 Å². The number of ether oxygens (including phenoxy) is 1. The number of hydrogen-bond donors (Lipinski definition) is 0. The van der Waals surface area contributed by atoms with Crippen LogP contribution in [0.15, 0.2) is 29.7 Å². The van der Waals surface area contributed by atoms with Crippen molar-refractivity contribution in [2.75, 3.05) is 18.9 Å². The Morgan fingerprint density at radius 3 is 3.00 bits per heavy atom. The average Bonchev–Trinajstić information content (AvgIpc) is 3.12. The molecule has 2 aromatic heterocycles. The summed E-state index contributed by atoms with van der Waals surface area (Å²) in [6.07, 6.45) is 2.80. The Morgan fingerprint density at radius 1 is 1.45 bits per heavy atom. The minimum Gasteiger partial charge on any atom is -0.447 e. The van der Waals surface area contributed by atoms with Crippen molar-refractivity contribution in [2.45, 2.75) is 5.16 Å². The molecular weight excluding hydrogens is 306 g/mol. The molecule has 0 aromatic carbocycles. The minimum atomic E-state index is -0.584. The molecule has 2 aromatic rings. The van der Waals surface area contributed by atoms with E-state index in [-0.39, 0.29) is 18.3 Å². The zero-order valence-electron chi connectivity index (χ0n) is 11.8. The van der Waals surface area contributed by atoms with Crippen molar-refractivity contribution in [3.63, 3.8) is 0 Å². The van der Waals surface area contributed by atoms with E-state index in [1.54, 1.807) is 17.0 Å². The Bertz CT molecular complexity index is 703. The lowest BCUT2D eigenvalue weighted by atomic mass is 10.3. The SMILES string of the molecule is Cn1c(SCC(=O)N2CCOC2=O)nnc1-c1cccnc1. The number of rotatable bonds is 4. The molecule has 0 radical (unpaired) electrons. The predicted molar refractivity (Wildman–Crippen MR) is 78.0 cm³/mol. The Hall–Kier alpha value is -2.42. The molecule has 114 valence electrons. The third-order valence-electron chi connectivity index (χ3n) is 3.14. The quantitative estimate of drug-likeness (QED) is 0.775. The third kappa shape index (κ3) is 2.80. The Labute approximate surface area is 130 Å². The van der Waals surface area contributed by atoms with E-state index in [2.05, 4.69) is 15.2 Å². The topological polar surface area (TPSA) is 90.2 Å². The fourth-order valence-corrected chi connectivity index (χ4v) is 2.80. The van der Waals surface area contributed by atoms with E-state index in [9.17, 15) is 9.59 Å². The van der Waals surface area contributed by atoms with E-state index < -0.39 is 6.09 Å². The van der Waals surface area contributed by atoms with Crippen LogP contribution in [0.4, 0.5) is 4.79 Å². The first kappa shape index (κ1) is 14.5. The van der Waals surface area contributed by atoms with Crippen LogP contribution in [0, 0.1) is 0 Å². The molecule has 9 heteroatoms. The summed E-state index contributed by atoms with van der Waals surface area (Å²) in [7, 11) is 1.82. The Balaban J connectivity index is 1.68. The van der Waals surface area contributed by atoms with Gasteiger partial charge in [0.1, 0.15) is 6.61 Å². The van der Waals surface area contributed by atoms with Crippen LogP contribution in [0.5, 0.6) is 0 Å². The van der Waals surface area contributed by atoms with Gasteiger partial charge in [-0.25, -0.2) is 9.69 Å². The Morgan fingerprint density at radius 2 is 2.32 bits per heavy atom. The molecule has 1 saturated heterocycles. The van der Waals surface area contributed by atoms with Crippen LogP contribution in [-0.4, -0.2) is 55.6 Å². The van der Waals surface area contributed by atoms with Crippen molar-refractivity contribution in [3.05, 3.63) is 24.5 Å². The fourth-order valence-electron chi connectivity index (χ4n) is 2.01. The number of pyridine rings is 1. The molecule has 22 heavy (non-hydrogen) atoms. The predicted octanol–water partition coefficient (Wildman–Crippen LogP) is 0.948. The second kappa shape index (κ2) is 6.14. The lowest BCUT2D eigenvalue weighted by molar-refractivity contribution is -0.125. The van der Waals surface area contributed by atoms with Crippen LogP contribution in [0.3, 0.4) is 0 Å². The molecule has 0 aliphatic carbocycles. The molecule has 1 fully saturated rings. The first-order valence-corrected chi connectivity index (χ1v) is 7.55. The number of amides is 2. The summed E-state index contributed by atoms with van der Waals surface area (Å²) in [6, 6.07) is 3.70. The van der Waals surface area contributed by atoms with Gasteiger partial charge in [0, 0.05) is 25.0 Å². The van der Waals surface area contributed by atoms with Crippen LogP contribution < -0.4 is 0 Å². The molecule has 1 aliphatic rings. The molecule has 0 atom stereocenters. The van der Waals surface area contributed by atoms with Crippen LogP contribution >= 0.6 is 11.8 Å². The Kier molecular flexibility index (Phi) is 4.05. The van der Waals surface area contributed by atoms with Crippen LogP contribution in [0.25, 0.3) is 11.4 Å². The molecule has 0 spiro atoms. The summed E-state index contributed by atoms with van der Waals surface area (Å²) in [6.45, 7) is 0.558. The number of cyclic esters (lactones) is 1. The summed E-state index contributed by atoms with van der Waals surface area (Å²) in [5.74, 6) is 0.482. The van der Waals surface area contributed by atoms with Gasteiger partial charge < -0.3 is 9.30 Å². The second-order valence-corrected chi connectivity index (χ2v) is 5.50. The zero-order chi connectivity index (χ0) is 15.5. The van der Waals surface area contributed by atoms with E-state index in [0.29, 0.717) is 17.5 Å². The van der Waals surface area contributed by atoms with Gasteiger partial charge in [-0.2, -0.15) is 0 Å². The molecule has 0 unspecified atom stereocenters. The second-order valence-electron chi connectivity index (χ2n) is 4.56. The number of aromatic nitrogens is 4. The number of nitrogens with zero attached hydrogens (tertiary/aromatic N) is 5. The van der Waals surface area contributed by atoms with Crippen molar-refractivity contribution in [2.24, 2.45) is 7.05 Å². The van der Waals surface area contributed by atoms with Gasteiger partial charge >= 0.3 is 6.09 Å². The summed E-state index contributed by atoms with van der Waals surface area (Å²) in [4.78, 5) is 28.4. The number of hydrogen-bond acceptors (Lipinski definition) is 7. The highest BCUT2D eigenvalue weighted by Gasteiger charge is 2.28. The maximum atomic E-state index is 12.0. The van der Waals surface area contributed by atoms with E-state index in [0.717, 1.165) is 10.5 Å². The average molecular weight is 319 g/mol. The van der Waals surface area contributed by atoms with Crippen LogP contribution in [0.1, 0.15) is 0 Å². The van der Waals surface area contributed by atoms with Gasteiger partial charge in [0.2, 0.25) is 5.91 Å². The lowest BCUT2D eigenvalue weighted by Gasteiger charge is -2.09. The summed E-state index contributed by atoms with van der Waals surface area (Å²) < 4.78 is 6.53. The molecule has 0 saturated carbocycles. The minimum absolute atomic E-state index is 0.105. The number of carbonyl (C=O) groups excluding carboxylic acids is 2. The highest BCUT2D eigenvalue weighted by atomic mass is 32.2. The van der Waals surface area contributed by atoms with Crippen molar-refractivity contribution >= 4 is 23.8 Å². The number of thioether (sulfide) groups is 1. The molecule has 1 aliphatic heterocycles. The summed E-state index contributed by atoms with van der Waals surface area (Å²) in [5.41, 5.74) is 0.846. The monoisotopic (exact) mass is 319 g/mol. The van der Waals surface area contributed by atoms with Gasteiger partial charge in [0.15, 0.2) is 11.0 Å². The molecule has 2 amide bonds.